The molecule has 3 amide bonds. The van der Waals surface area contributed by atoms with Crippen LogP contribution in [0.25, 0.3) is 0 Å². The number of rotatable bonds is 9. The van der Waals surface area contributed by atoms with Gasteiger partial charge in [0.15, 0.2) is 11.4 Å². The molecule has 1 aromatic rings. The van der Waals surface area contributed by atoms with Crippen molar-refractivity contribution < 1.29 is 49.9 Å². The number of nitrogens with one attached hydrogen (secondary N) is 2. The Morgan fingerprint density at radius 3 is 2.48 bits per heavy atom. The molecule has 2 aliphatic carbocycles. The van der Waals surface area contributed by atoms with E-state index in [0.29, 0.717) is 10.5 Å². The lowest BCUT2D eigenvalue weighted by molar-refractivity contribution is -0.187. The molecule has 1 spiro atoms. The van der Waals surface area contributed by atoms with Gasteiger partial charge in [0.1, 0.15) is 24.2 Å². The number of hydrogen-bond acceptors (Lipinski definition) is 7. The summed E-state index contributed by atoms with van der Waals surface area (Å²) in [5.41, 5.74) is -0.782. The van der Waals surface area contributed by atoms with Gasteiger partial charge in [-0.05, 0) is 56.2 Å². The van der Waals surface area contributed by atoms with Crippen molar-refractivity contribution in [1.82, 2.24) is 19.8 Å². The minimum atomic E-state index is -4.77. The summed E-state index contributed by atoms with van der Waals surface area (Å²) in [7, 11) is -2.73. The van der Waals surface area contributed by atoms with E-state index in [9.17, 15) is 45.2 Å². The number of halogens is 4. The third kappa shape index (κ3) is 6.48. The molecule has 0 bridgehead atoms. The van der Waals surface area contributed by atoms with Gasteiger partial charge in [-0.3, -0.25) is 19.3 Å². The third-order valence-corrected chi connectivity index (χ3v) is 8.76. The molecule has 0 radical (unpaired) electrons. The van der Waals surface area contributed by atoms with Crippen molar-refractivity contribution in [1.29, 1.82) is 0 Å². The number of sulfonamides is 1. The van der Waals surface area contributed by atoms with E-state index < -0.39 is 82.1 Å². The van der Waals surface area contributed by atoms with E-state index in [1.165, 1.54) is 24.3 Å². The number of fused-ring (bicyclic) bond motifs is 2. The summed E-state index contributed by atoms with van der Waals surface area (Å²) in [5.74, 6) is -4.75. The molecule has 1 aliphatic heterocycles. The quantitative estimate of drug-likeness (QED) is 0.403. The summed E-state index contributed by atoms with van der Waals surface area (Å²) < 4.78 is 85.0. The minimum Gasteiger partial charge on any atom is -0.436 e. The van der Waals surface area contributed by atoms with Crippen LogP contribution in [0.2, 0.25) is 0 Å². The van der Waals surface area contributed by atoms with E-state index in [1.54, 1.807) is 0 Å². The van der Waals surface area contributed by atoms with Crippen LogP contribution in [-0.4, -0.2) is 85.6 Å². The van der Waals surface area contributed by atoms with Crippen LogP contribution >= 0.6 is 0 Å². The Balaban J connectivity index is 1.50. The Bertz CT molecular complexity index is 1460. The molecule has 4 rings (SSSR count). The first-order valence-electron chi connectivity index (χ1n) is 12.8. The van der Waals surface area contributed by atoms with E-state index in [1.807, 2.05) is 4.72 Å². The molecule has 42 heavy (non-hydrogen) atoms. The maximum Gasteiger partial charge on any atom is 0.411 e. The topological polar surface area (TPSA) is 142 Å². The number of nitrogens with zero attached hydrogens (tertiary/aromatic N) is 2. The molecule has 1 saturated carbocycles. The number of alkyl halides is 3. The highest BCUT2D eigenvalue weighted by atomic mass is 32.2. The zero-order valence-electron chi connectivity index (χ0n) is 22.5. The highest BCUT2D eigenvalue weighted by Crippen LogP contribution is 2.48. The smallest absolute Gasteiger partial charge is 0.411 e. The fourth-order valence-corrected chi connectivity index (χ4v) is 5.77. The fourth-order valence-electron chi connectivity index (χ4n) is 5.21. The highest BCUT2D eigenvalue weighted by Gasteiger charge is 2.56. The van der Waals surface area contributed by atoms with Crippen LogP contribution in [0.5, 0.6) is 0 Å². The van der Waals surface area contributed by atoms with Gasteiger partial charge in [-0.1, -0.05) is 18.2 Å². The van der Waals surface area contributed by atoms with Gasteiger partial charge in [-0.25, -0.2) is 22.3 Å². The zero-order valence-corrected chi connectivity index (χ0v) is 23.4. The predicted octanol–water partition coefficient (Wildman–Crippen LogP) is 1.76. The van der Waals surface area contributed by atoms with Crippen molar-refractivity contribution in [3.05, 3.63) is 59.1 Å². The molecule has 3 aliphatic rings. The van der Waals surface area contributed by atoms with E-state index in [-0.39, 0.29) is 30.6 Å². The number of benzene rings is 1. The van der Waals surface area contributed by atoms with Crippen molar-refractivity contribution in [3.8, 4) is 0 Å². The van der Waals surface area contributed by atoms with Gasteiger partial charge in [-0.2, -0.15) is 13.2 Å². The van der Waals surface area contributed by atoms with Crippen LogP contribution in [0, 0.1) is 11.7 Å². The number of hydrogen-bond donors (Lipinski definition) is 2. The maximum absolute atomic E-state index is 13.6. The molecule has 2 fully saturated rings. The molecule has 228 valence electrons. The monoisotopic (exact) mass is 616 g/mol. The van der Waals surface area contributed by atoms with Gasteiger partial charge >= 0.3 is 12.3 Å². The number of amides is 3. The van der Waals surface area contributed by atoms with Crippen LogP contribution < -0.4 is 10.0 Å². The molecule has 1 saturated heterocycles. The van der Waals surface area contributed by atoms with E-state index in [4.69, 9.17) is 4.74 Å². The normalized spacial score (nSPS) is 22.8. The average Bonchev–Trinajstić information content (AvgIpc) is 3.42. The van der Waals surface area contributed by atoms with E-state index in [2.05, 4.69) is 5.32 Å². The van der Waals surface area contributed by atoms with Gasteiger partial charge in [0.2, 0.25) is 21.8 Å². The Morgan fingerprint density at radius 1 is 1.19 bits per heavy atom. The lowest BCUT2D eigenvalue weighted by Crippen LogP contribution is -2.50. The van der Waals surface area contributed by atoms with Crippen molar-refractivity contribution in [2.75, 3.05) is 25.9 Å². The fraction of sp³-hybridized carbons (Fsp3) is 0.462. The summed E-state index contributed by atoms with van der Waals surface area (Å²) in [6, 6.07) is 2.42. The number of carbonyl (C=O) groups is 4. The second-order valence-corrected chi connectivity index (χ2v) is 12.2. The lowest BCUT2D eigenvalue weighted by Gasteiger charge is -2.32. The first-order valence-corrected chi connectivity index (χ1v) is 14.5. The number of allylic oxidation sites excluding steroid dienone is 3. The van der Waals surface area contributed by atoms with Gasteiger partial charge in [0.05, 0.1) is 12.2 Å². The molecule has 1 heterocycles. The first-order chi connectivity index (χ1) is 19.5. The predicted molar refractivity (Wildman–Crippen MR) is 138 cm³/mol. The van der Waals surface area contributed by atoms with Gasteiger partial charge in [-0.15, -0.1) is 0 Å². The van der Waals surface area contributed by atoms with Gasteiger partial charge < -0.3 is 15.0 Å². The molecule has 16 heteroatoms. The number of carbonyl (C=O) groups excluding carboxylic acids is 4. The second-order valence-electron chi connectivity index (χ2n) is 10.3. The second kappa shape index (κ2) is 11.5. The maximum atomic E-state index is 13.6. The Kier molecular flexibility index (Phi) is 8.51. The molecule has 11 nitrogen and oxygen atoms in total. The average molecular weight is 617 g/mol. The Morgan fingerprint density at radius 2 is 1.86 bits per heavy atom. The van der Waals surface area contributed by atoms with E-state index in [0.717, 1.165) is 31.0 Å². The molecule has 1 aromatic carbocycles. The van der Waals surface area contributed by atoms with Crippen LogP contribution in [0.1, 0.15) is 25.3 Å². The summed E-state index contributed by atoms with van der Waals surface area (Å²) in [4.78, 5) is 52.7. The standard InChI is InChI=1S/C26H28F4N4O7S/c1-15(26(28,29)30)34(11-16-3-5-17(27)6-4-16)22(36)12-33-14-25(41-24(33)38)10-9-18-19(25)7-8-20(23(18)37)32-21(35)13-42(39,40)31-2/h3-8,15,18,31H,9-14H2,1-2H3,(H,32,35)/t15-,18?,25-/m0/s1. The Labute approximate surface area is 238 Å². The molecule has 0 aromatic heterocycles. The van der Waals surface area contributed by atoms with Crippen LogP contribution in [0.4, 0.5) is 22.4 Å². The van der Waals surface area contributed by atoms with Crippen molar-refractivity contribution in [3.63, 3.8) is 0 Å². The Hall–Kier alpha value is -3.79. The molecular formula is C26H28F4N4O7S. The summed E-state index contributed by atoms with van der Waals surface area (Å²) in [6.07, 6.45) is -2.59. The van der Waals surface area contributed by atoms with Gasteiger partial charge in [0, 0.05) is 12.5 Å². The molecular weight excluding hydrogens is 588 g/mol. The van der Waals surface area contributed by atoms with Crippen molar-refractivity contribution in [2.24, 2.45) is 5.92 Å². The first kappa shape index (κ1) is 31.2. The summed E-state index contributed by atoms with van der Waals surface area (Å²) in [5, 5.41) is 2.28. The van der Waals surface area contributed by atoms with Crippen LogP contribution in [-0.2, 0) is 35.7 Å². The summed E-state index contributed by atoms with van der Waals surface area (Å²) >= 11 is 0. The summed E-state index contributed by atoms with van der Waals surface area (Å²) in [6.45, 7) is -0.605. The molecule has 3 atom stereocenters. The van der Waals surface area contributed by atoms with Crippen molar-refractivity contribution >= 4 is 33.7 Å². The molecule has 1 unspecified atom stereocenters. The van der Waals surface area contributed by atoms with Crippen molar-refractivity contribution in [2.45, 2.75) is 44.1 Å². The highest BCUT2D eigenvalue weighted by molar-refractivity contribution is 7.90. The van der Waals surface area contributed by atoms with Crippen LogP contribution in [0.3, 0.4) is 0 Å². The number of ketones is 1. The zero-order chi connectivity index (χ0) is 31.0. The minimum absolute atomic E-state index is 0.133. The lowest BCUT2D eigenvalue weighted by atomic mass is 9.85. The molecule has 2 N–H and O–H groups in total. The van der Waals surface area contributed by atoms with Crippen LogP contribution in [0.15, 0.2) is 47.7 Å². The van der Waals surface area contributed by atoms with Gasteiger partial charge in [0.25, 0.3) is 0 Å². The third-order valence-electron chi connectivity index (χ3n) is 7.50. The number of Topliss-reactive ketones (excluding diaryl/α,β-unsaturated/α-hetero) is 1. The van der Waals surface area contributed by atoms with E-state index >= 15 is 0 Å². The SMILES string of the molecule is CNS(=O)(=O)CC(=O)NC1=CC=C2C(CC[C@]23CN(CC(=O)N(Cc2ccc(F)cc2)[C@@H](C)C(F)(F)F)C(=O)O3)C1=O. The number of ether oxygens (including phenoxy) is 1. The largest absolute Gasteiger partial charge is 0.436 e.